The van der Waals surface area contributed by atoms with Crippen LogP contribution in [0.4, 0.5) is 17.5 Å². The smallest absolute Gasteiger partial charge is 0.229 e. The fourth-order valence-corrected chi connectivity index (χ4v) is 2.33. The van der Waals surface area contributed by atoms with E-state index < -0.39 is 0 Å². The van der Waals surface area contributed by atoms with Gasteiger partial charge in [0.15, 0.2) is 5.78 Å². The van der Waals surface area contributed by atoms with Crippen LogP contribution in [0.15, 0.2) is 54.9 Å². The zero-order chi connectivity index (χ0) is 17.6. The highest BCUT2D eigenvalue weighted by atomic mass is 16.1. The molecule has 6 nitrogen and oxygen atoms in total. The van der Waals surface area contributed by atoms with Gasteiger partial charge in [-0.05, 0) is 49.7 Å². The highest BCUT2D eigenvalue weighted by Gasteiger charge is 2.04. The number of Topliss-reactive ketones (excluding diaryl/α,β-unsaturated/α-hetero) is 1. The zero-order valence-corrected chi connectivity index (χ0v) is 14.2. The first-order chi connectivity index (χ1) is 12.1. The molecule has 0 bridgehead atoms. The van der Waals surface area contributed by atoms with Gasteiger partial charge in [0.1, 0.15) is 5.82 Å². The number of hydrogen-bond donors (Lipinski definition) is 2. The van der Waals surface area contributed by atoms with Crippen LogP contribution in [0.3, 0.4) is 0 Å². The molecule has 0 aliphatic carbocycles. The van der Waals surface area contributed by atoms with E-state index in [1.807, 2.05) is 43.5 Å². The minimum Gasteiger partial charge on any atom is -0.366 e. The van der Waals surface area contributed by atoms with Crippen LogP contribution < -0.4 is 10.6 Å². The molecule has 0 unspecified atom stereocenters. The molecule has 0 aliphatic rings. The molecule has 0 atom stereocenters. The van der Waals surface area contributed by atoms with Crippen LogP contribution in [-0.4, -0.2) is 20.7 Å². The van der Waals surface area contributed by atoms with Gasteiger partial charge in [-0.2, -0.15) is 4.98 Å². The van der Waals surface area contributed by atoms with Crippen molar-refractivity contribution in [3.63, 3.8) is 0 Å². The second-order valence-corrected chi connectivity index (χ2v) is 5.69. The molecule has 0 fully saturated rings. The van der Waals surface area contributed by atoms with Crippen molar-refractivity contribution < 1.29 is 4.79 Å². The molecule has 6 heteroatoms. The Morgan fingerprint density at radius 2 is 1.92 bits per heavy atom. The number of carbonyl (C=O) groups is 1. The summed E-state index contributed by atoms with van der Waals surface area (Å²) in [6.07, 6.45) is 3.56. The van der Waals surface area contributed by atoms with Gasteiger partial charge in [0.2, 0.25) is 5.95 Å². The number of nitrogens with one attached hydrogen (secondary N) is 2. The fraction of sp³-hybridized carbons (Fsp3) is 0.158. The summed E-state index contributed by atoms with van der Waals surface area (Å²) >= 11 is 0. The predicted molar refractivity (Wildman–Crippen MR) is 98.1 cm³/mol. The Labute approximate surface area is 146 Å². The maximum Gasteiger partial charge on any atom is 0.229 e. The van der Waals surface area contributed by atoms with Crippen LogP contribution in [0.25, 0.3) is 0 Å². The lowest BCUT2D eigenvalue weighted by atomic mass is 10.1. The van der Waals surface area contributed by atoms with Crippen molar-refractivity contribution in [1.29, 1.82) is 0 Å². The molecule has 0 amide bonds. The molecule has 1 aromatic carbocycles. The van der Waals surface area contributed by atoms with Crippen molar-refractivity contribution in [3.05, 3.63) is 71.7 Å². The van der Waals surface area contributed by atoms with Gasteiger partial charge in [0.05, 0.1) is 0 Å². The summed E-state index contributed by atoms with van der Waals surface area (Å²) in [7, 11) is 0. The third-order valence-electron chi connectivity index (χ3n) is 3.60. The summed E-state index contributed by atoms with van der Waals surface area (Å²) < 4.78 is 0. The molecule has 0 spiro atoms. The third-order valence-corrected chi connectivity index (χ3v) is 3.60. The quantitative estimate of drug-likeness (QED) is 0.669. The minimum absolute atomic E-state index is 0.0419. The van der Waals surface area contributed by atoms with E-state index in [1.165, 1.54) is 0 Å². The second kappa shape index (κ2) is 7.53. The van der Waals surface area contributed by atoms with Crippen molar-refractivity contribution in [2.45, 2.75) is 20.4 Å². The maximum atomic E-state index is 11.3. The summed E-state index contributed by atoms with van der Waals surface area (Å²) in [6.45, 7) is 4.10. The Hall–Kier alpha value is -3.28. The standard InChI is InChI=1S/C19H19N5O/c1-13-10-18(21-12-15-4-3-9-20-11-15)24-19(22-13)23-17-7-5-16(6-8-17)14(2)25/h3-11H,12H2,1-2H3,(H2,21,22,23,24). The average Bonchev–Trinajstić information content (AvgIpc) is 2.61. The van der Waals surface area contributed by atoms with Crippen molar-refractivity contribution in [1.82, 2.24) is 15.0 Å². The number of rotatable bonds is 6. The third kappa shape index (κ3) is 4.60. The van der Waals surface area contributed by atoms with Gasteiger partial charge in [-0.25, -0.2) is 4.98 Å². The van der Waals surface area contributed by atoms with E-state index in [1.54, 1.807) is 25.3 Å². The lowest BCUT2D eigenvalue weighted by Crippen LogP contribution is -2.06. The van der Waals surface area contributed by atoms with Crippen LogP contribution in [-0.2, 0) is 6.54 Å². The summed E-state index contributed by atoms with van der Waals surface area (Å²) in [5.41, 5.74) is 3.43. The first-order valence-electron chi connectivity index (χ1n) is 7.96. The van der Waals surface area contributed by atoms with Crippen LogP contribution >= 0.6 is 0 Å². The Kier molecular flexibility index (Phi) is 4.99. The Morgan fingerprint density at radius 3 is 2.60 bits per heavy atom. The number of nitrogens with zero attached hydrogens (tertiary/aromatic N) is 3. The van der Waals surface area contributed by atoms with Crippen molar-refractivity contribution in [2.75, 3.05) is 10.6 Å². The first kappa shape index (κ1) is 16.6. The van der Waals surface area contributed by atoms with Gasteiger partial charge < -0.3 is 10.6 Å². The van der Waals surface area contributed by atoms with Crippen LogP contribution in [0, 0.1) is 6.92 Å². The topological polar surface area (TPSA) is 79.8 Å². The minimum atomic E-state index is 0.0419. The van der Waals surface area contributed by atoms with Crippen molar-refractivity contribution in [2.24, 2.45) is 0 Å². The summed E-state index contributed by atoms with van der Waals surface area (Å²) in [6, 6.07) is 13.0. The molecule has 0 aliphatic heterocycles. The molecule has 2 aromatic heterocycles. The largest absolute Gasteiger partial charge is 0.366 e. The number of carbonyl (C=O) groups excluding carboxylic acids is 1. The molecular formula is C19H19N5O. The molecule has 2 N–H and O–H groups in total. The van der Waals surface area contributed by atoms with E-state index in [9.17, 15) is 4.79 Å². The SMILES string of the molecule is CC(=O)c1ccc(Nc2nc(C)cc(NCc3cccnc3)n2)cc1. The molecule has 3 aromatic rings. The summed E-state index contributed by atoms with van der Waals surface area (Å²) in [4.78, 5) is 24.3. The molecule has 0 saturated carbocycles. The summed E-state index contributed by atoms with van der Waals surface area (Å²) in [5.74, 6) is 1.28. The predicted octanol–water partition coefficient (Wildman–Crippen LogP) is 3.74. The number of benzene rings is 1. The van der Waals surface area contributed by atoms with Gasteiger partial charge in [0.25, 0.3) is 0 Å². The molecule has 0 radical (unpaired) electrons. The maximum absolute atomic E-state index is 11.3. The highest BCUT2D eigenvalue weighted by Crippen LogP contribution is 2.17. The van der Waals surface area contributed by atoms with E-state index in [-0.39, 0.29) is 5.78 Å². The number of hydrogen-bond acceptors (Lipinski definition) is 6. The van der Waals surface area contributed by atoms with E-state index in [2.05, 4.69) is 25.6 Å². The summed E-state index contributed by atoms with van der Waals surface area (Å²) in [5, 5.41) is 6.44. The van der Waals surface area contributed by atoms with Gasteiger partial charge >= 0.3 is 0 Å². The van der Waals surface area contributed by atoms with Gasteiger partial charge in [-0.3, -0.25) is 9.78 Å². The molecule has 126 valence electrons. The number of aromatic nitrogens is 3. The number of pyridine rings is 1. The first-order valence-corrected chi connectivity index (χ1v) is 7.96. The normalized spacial score (nSPS) is 10.3. The monoisotopic (exact) mass is 333 g/mol. The van der Waals surface area contributed by atoms with Crippen LogP contribution in [0.5, 0.6) is 0 Å². The molecule has 25 heavy (non-hydrogen) atoms. The van der Waals surface area contributed by atoms with Gasteiger partial charge in [0, 0.05) is 41.9 Å². The van der Waals surface area contributed by atoms with Gasteiger partial charge in [-0.15, -0.1) is 0 Å². The fourth-order valence-electron chi connectivity index (χ4n) is 2.33. The molecule has 2 heterocycles. The van der Waals surface area contributed by atoms with Crippen molar-refractivity contribution in [3.8, 4) is 0 Å². The average molecular weight is 333 g/mol. The van der Waals surface area contributed by atoms with Crippen LogP contribution in [0.2, 0.25) is 0 Å². The van der Waals surface area contributed by atoms with Gasteiger partial charge in [-0.1, -0.05) is 6.07 Å². The highest BCUT2D eigenvalue weighted by molar-refractivity contribution is 5.94. The zero-order valence-electron chi connectivity index (χ0n) is 14.2. The molecule has 0 saturated heterocycles. The molecule has 3 rings (SSSR count). The van der Waals surface area contributed by atoms with E-state index >= 15 is 0 Å². The molecular weight excluding hydrogens is 314 g/mol. The Bertz CT molecular complexity index is 863. The lowest BCUT2D eigenvalue weighted by molar-refractivity contribution is 0.101. The Morgan fingerprint density at radius 1 is 1.12 bits per heavy atom. The van der Waals surface area contributed by atoms with E-state index in [4.69, 9.17) is 0 Å². The number of anilines is 3. The lowest BCUT2D eigenvalue weighted by Gasteiger charge is -2.10. The number of ketones is 1. The second-order valence-electron chi connectivity index (χ2n) is 5.69. The van der Waals surface area contributed by atoms with Crippen LogP contribution in [0.1, 0.15) is 28.5 Å². The van der Waals surface area contributed by atoms with Crippen molar-refractivity contribution >= 4 is 23.2 Å². The van der Waals surface area contributed by atoms with E-state index in [0.717, 1.165) is 22.8 Å². The Balaban J connectivity index is 1.71. The van der Waals surface area contributed by atoms with E-state index in [0.29, 0.717) is 18.1 Å². The number of aryl methyl sites for hydroxylation is 1.